The number of nitrogens with one attached hydrogen (secondary N) is 1. The first kappa shape index (κ1) is 17.0. The van der Waals surface area contributed by atoms with E-state index >= 15 is 0 Å². The van der Waals surface area contributed by atoms with Crippen molar-refractivity contribution in [2.45, 2.75) is 25.8 Å². The molecule has 1 aliphatic heterocycles. The summed E-state index contributed by atoms with van der Waals surface area (Å²) in [5.41, 5.74) is 0.894. The van der Waals surface area contributed by atoms with Crippen molar-refractivity contribution in [2.75, 3.05) is 20.2 Å². The number of aromatic nitrogens is 1. The van der Waals surface area contributed by atoms with Gasteiger partial charge in [-0.15, -0.1) is 0 Å². The molecule has 2 heterocycles. The Bertz CT molecular complexity index is 765. The van der Waals surface area contributed by atoms with Crippen molar-refractivity contribution in [3.8, 4) is 17.1 Å². The summed E-state index contributed by atoms with van der Waals surface area (Å²) in [6.07, 6.45) is 2.03. The van der Waals surface area contributed by atoms with E-state index in [0.717, 1.165) is 31.5 Å². The summed E-state index contributed by atoms with van der Waals surface area (Å²) in [4.78, 5) is 26.3. The fourth-order valence-electron chi connectivity index (χ4n) is 2.84. The van der Waals surface area contributed by atoms with Crippen LogP contribution in [0.5, 0.6) is 5.75 Å². The molecule has 25 heavy (non-hydrogen) atoms. The first-order valence-corrected chi connectivity index (χ1v) is 8.29. The van der Waals surface area contributed by atoms with Crippen molar-refractivity contribution in [1.29, 1.82) is 0 Å². The Morgan fingerprint density at radius 2 is 2.04 bits per heavy atom. The molecule has 3 rings (SSSR count). The number of rotatable bonds is 5. The molecular weight excluding hydrogens is 322 g/mol. The number of hydrogen-bond donors (Lipinski definition) is 1. The standard InChI is InChI=1S/C18H21N3O4/c1-12(18(23)21-8-3-4-9-21)19-17(22)15-11-16(25-20-15)13-6-5-7-14(10-13)24-2/h5-7,10-12H,3-4,8-9H2,1-2H3,(H,19,22). The SMILES string of the molecule is COc1cccc(-c2cc(C(=O)NC(C)C(=O)N3CCCC3)no2)c1. The lowest BCUT2D eigenvalue weighted by Gasteiger charge is -2.20. The summed E-state index contributed by atoms with van der Waals surface area (Å²) >= 11 is 0. The maximum Gasteiger partial charge on any atom is 0.274 e. The number of ether oxygens (including phenoxy) is 1. The van der Waals surface area contributed by atoms with Crippen LogP contribution in [0, 0.1) is 0 Å². The van der Waals surface area contributed by atoms with Crippen LogP contribution in [0.1, 0.15) is 30.3 Å². The maximum absolute atomic E-state index is 12.3. The van der Waals surface area contributed by atoms with Gasteiger partial charge in [0, 0.05) is 24.7 Å². The predicted molar refractivity (Wildman–Crippen MR) is 91.2 cm³/mol. The Morgan fingerprint density at radius 1 is 1.28 bits per heavy atom. The lowest BCUT2D eigenvalue weighted by molar-refractivity contribution is -0.131. The molecule has 0 bridgehead atoms. The Morgan fingerprint density at radius 3 is 2.76 bits per heavy atom. The fraction of sp³-hybridized carbons (Fsp3) is 0.389. The zero-order chi connectivity index (χ0) is 17.8. The van der Waals surface area contributed by atoms with Gasteiger partial charge in [-0.3, -0.25) is 9.59 Å². The van der Waals surface area contributed by atoms with Gasteiger partial charge < -0.3 is 19.5 Å². The van der Waals surface area contributed by atoms with Crippen LogP contribution in [0.15, 0.2) is 34.9 Å². The molecule has 1 N–H and O–H groups in total. The molecule has 0 spiro atoms. The highest BCUT2D eigenvalue weighted by Gasteiger charge is 2.25. The van der Waals surface area contributed by atoms with Gasteiger partial charge in [-0.2, -0.15) is 0 Å². The zero-order valence-corrected chi connectivity index (χ0v) is 14.3. The Balaban J connectivity index is 1.66. The van der Waals surface area contributed by atoms with Gasteiger partial charge in [0.1, 0.15) is 11.8 Å². The van der Waals surface area contributed by atoms with Gasteiger partial charge in [0.05, 0.1) is 7.11 Å². The Kier molecular flexibility index (Phi) is 5.02. The second kappa shape index (κ2) is 7.38. The second-order valence-electron chi connectivity index (χ2n) is 6.04. The highest BCUT2D eigenvalue weighted by atomic mass is 16.5. The lowest BCUT2D eigenvalue weighted by Crippen LogP contribution is -2.46. The predicted octanol–water partition coefficient (Wildman–Crippen LogP) is 2.09. The molecule has 2 amide bonds. The van der Waals surface area contributed by atoms with Crippen molar-refractivity contribution in [1.82, 2.24) is 15.4 Å². The summed E-state index contributed by atoms with van der Waals surface area (Å²) in [6.45, 7) is 3.19. The van der Waals surface area contributed by atoms with Gasteiger partial charge in [0.2, 0.25) is 5.91 Å². The molecule has 1 aliphatic rings. The van der Waals surface area contributed by atoms with E-state index in [9.17, 15) is 9.59 Å². The second-order valence-corrected chi connectivity index (χ2v) is 6.04. The number of nitrogens with zero attached hydrogens (tertiary/aromatic N) is 2. The summed E-state index contributed by atoms with van der Waals surface area (Å²) in [5, 5.41) is 6.49. The molecule has 0 aliphatic carbocycles. The van der Waals surface area contributed by atoms with Crippen LogP contribution in [-0.4, -0.2) is 48.1 Å². The summed E-state index contributed by atoms with van der Waals surface area (Å²) < 4.78 is 10.4. The number of hydrogen-bond acceptors (Lipinski definition) is 5. The van der Waals surface area contributed by atoms with Gasteiger partial charge in [0.15, 0.2) is 11.5 Å². The van der Waals surface area contributed by atoms with Crippen molar-refractivity contribution < 1.29 is 18.8 Å². The minimum absolute atomic E-state index is 0.0673. The van der Waals surface area contributed by atoms with E-state index in [1.54, 1.807) is 31.1 Å². The largest absolute Gasteiger partial charge is 0.497 e. The Labute approximate surface area is 145 Å². The van der Waals surface area contributed by atoms with Gasteiger partial charge in [-0.05, 0) is 31.9 Å². The van der Waals surface area contributed by atoms with Crippen molar-refractivity contribution >= 4 is 11.8 Å². The molecule has 1 unspecified atom stereocenters. The van der Waals surface area contributed by atoms with Crippen LogP contribution in [-0.2, 0) is 4.79 Å². The molecule has 2 aromatic rings. The molecule has 7 nitrogen and oxygen atoms in total. The number of amides is 2. The fourth-order valence-corrected chi connectivity index (χ4v) is 2.84. The average molecular weight is 343 g/mol. The normalized spacial score (nSPS) is 15.0. The van der Waals surface area contributed by atoms with Gasteiger partial charge in [-0.1, -0.05) is 17.3 Å². The quantitative estimate of drug-likeness (QED) is 0.898. The summed E-state index contributed by atoms with van der Waals surface area (Å²) in [7, 11) is 1.58. The molecule has 0 radical (unpaired) electrons. The van der Waals surface area contributed by atoms with E-state index in [2.05, 4.69) is 10.5 Å². The topological polar surface area (TPSA) is 84.7 Å². The summed E-state index contributed by atoms with van der Waals surface area (Å²) in [6, 6.07) is 8.23. The minimum Gasteiger partial charge on any atom is -0.497 e. The van der Waals surface area contributed by atoms with Crippen LogP contribution >= 0.6 is 0 Å². The maximum atomic E-state index is 12.3. The van der Waals surface area contributed by atoms with E-state index in [1.807, 2.05) is 18.2 Å². The summed E-state index contributed by atoms with van der Waals surface area (Å²) in [5.74, 6) is 0.646. The molecule has 1 fully saturated rings. The van der Waals surface area contributed by atoms with Gasteiger partial charge in [-0.25, -0.2) is 0 Å². The van der Waals surface area contributed by atoms with Crippen LogP contribution in [0.25, 0.3) is 11.3 Å². The van der Waals surface area contributed by atoms with E-state index in [1.165, 1.54) is 0 Å². The van der Waals surface area contributed by atoms with Crippen molar-refractivity contribution in [2.24, 2.45) is 0 Å². The molecule has 1 aromatic heterocycles. The number of carbonyl (C=O) groups is 2. The van der Waals surface area contributed by atoms with Crippen LogP contribution in [0.2, 0.25) is 0 Å². The van der Waals surface area contributed by atoms with E-state index in [-0.39, 0.29) is 11.6 Å². The molecule has 1 atom stereocenters. The third-order valence-corrected chi connectivity index (χ3v) is 4.23. The third kappa shape index (κ3) is 3.81. The monoisotopic (exact) mass is 343 g/mol. The number of carbonyl (C=O) groups excluding carboxylic acids is 2. The van der Waals surface area contributed by atoms with E-state index in [4.69, 9.17) is 9.26 Å². The van der Waals surface area contributed by atoms with Gasteiger partial charge >= 0.3 is 0 Å². The minimum atomic E-state index is -0.595. The first-order valence-electron chi connectivity index (χ1n) is 8.29. The Hall–Kier alpha value is -2.83. The molecular formula is C18H21N3O4. The van der Waals surface area contributed by atoms with Crippen molar-refractivity contribution in [3.05, 3.63) is 36.0 Å². The molecule has 132 valence electrons. The molecule has 1 aromatic carbocycles. The van der Waals surface area contributed by atoms with E-state index in [0.29, 0.717) is 11.5 Å². The van der Waals surface area contributed by atoms with Crippen LogP contribution < -0.4 is 10.1 Å². The lowest BCUT2D eigenvalue weighted by atomic mass is 10.1. The number of methoxy groups -OCH3 is 1. The molecule has 1 saturated heterocycles. The van der Waals surface area contributed by atoms with Crippen LogP contribution in [0.4, 0.5) is 0 Å². The van der Waals surface area contributed by atoms with Crippen LogP contribution in [0.3, 0.4) is 0 Å². The first-order chi connectivity index (χ1) is 12.1. The highest BCUT2D eigenvalue weighted by molar-refractivity contribution is 5.96. The molecule has 7 heteroatoms. The zero-order valence-electron chi connectivity index (χ0n) is 14.3. The third-order valence-electron chi connectivity index (χ3n) is 4.23. The van der Waals surface area contributed by atoms with Crippen molar-refractivity contribution in [3.63, 3.8) is 0 Å². The average Bonchev–Trinajstić information content (AvgIpc) is 3.32. The van der Waals surface area contributed by atoms with E-state index < -0.39 is 11.9 Å². The number of benzene rings is 1. The highest BCUT2D eigenvalue weighted by Crippen LogP contribution is 2.24. The molecule has 0 saturated carbocycles. The van der Waals surface area contributed by atoms with Gasteiger partial charge in [0.25, 0.3) is 5.91 Å². The smallest absolute Gasteiger partial charge is 0.274 e. The number of likely N-dealkylation sites (tertiary alicyclic amines) is 1.